The molecule has 0 bridgehead atoms. The molecular weight excluding hydrogens is 218 g/mol. The Morgan fingerprint density at radius 3 is 2.67 bits per heavy atom. The Bertz CT molecular complexity index is 256. The van der Waals surface area contributed by atoms with Gasteiger partial charge in [-0.1, -0.05) is 15.9 Å². The van der Waals surface area contributed by atoms with Crippen molar-refractivity contribution in [3.8, 4) is 5.75 Å². The molecule has 12 heavy (non-hydrogen) atoms. The van der Waals surface area contributed by atoms with Crippen molar-refractivity contribution in [2.24, 2.45) is 5.73 Å². The highest BCUT2D eigenvalue weighted by molar-refractivity contribution is 9.10. The van der Waals surface area contributed by atoms with Crippen LogP contribution in [0.4, 0.5) is 0 Å². The molecule has 2 nitrogen and oxygen atoms in total. The third-order valence-corrected chi connectivity index (χ3v) is 2.52. The van der Waals surface area contributed by atoms with Crippen LogP contribution in [0.5, 0.6) is 5.75 Å². The summed E-state index contributed by atoms with van der Waals surface area (Å²) in [4.78, 5) is 0. The van der Waals surface area contributed by atoms with Crippen molar-refractivity contribution in [2.75, 3.05) is 7.11 Å². The van der Waals surface area contributed by atoms with Crippen molar-refractivity contribution < 1.29 is 4.74 Å². The first kappa shape index (κ1) is 9.55. The highest BCUT2D eigenvalue weighted by Crippen LogP contribution is 2.26. The monoisotopic (exact) mass is 229 g/mol. The molecule has 3 heteroatoms. The van der Waals surface area contributed by atoms with E-state index in [2.05, 4.69) is 15.9 Å². The lowest BCUT2D eigenvalue weighted by Gasteiger charge is -2.08. The molecule has 0 atom stereocenters. The van der Waals surface area contributed by atoms with E-state index in [-0.39, 0.29) is 0 Å². The van der Waals surface area contributed by atoms with Crippen LogP contribution in [0.3, 0.4) is 0 Å². The van der Waals surface area contributed by atoms with Crippen LogP contribution in [0.1, 0.15) is 11.1 Å². The zero-order chi connectivity index (χ0) is 9.14. The number of rotatable bonds is 2. The number of methoxy groups -OCH3 is 1. The van der Waals surface area contributed by atoms with Gasteiger partial charge in [-0.15, -0.1) is 0 Å². The first-order chi connectivity index (χ1) is 5.69. The van der Waals surface area contributed by atoms with Crippen LogP contribution in [-0.2, 0) is 6.54 Å². The average Bonchev–Trinajstić information content (AvgIpc) is 2.08. The molecule has 0 aromatic heterocycles. The van der Waals surface area contributed by atoms with Gasteiger partial charge < -0.3 is 10.5 Å². The molecule has 1 aromatic carbocycles. The number of hydrogen-bond donors (Lipinski definition) is 1. The summed E-state index contributed by atoms with van der Waals surface area (Å²) >= 11 is 3.42. The number of ether oxygens (including phenoxy) is 1. The molecule has 0 aliphatic rings. The molecule has 1 aromatic rings. The van der Waals surface area contributed by atoms with Gasteiger partial charge in [0.15, 0.2) is 0 Å². The molecule has 66 valence electrons. The zero-order valence-corrected chi connectivity index (χ0v) is 8.81. The first-order valence-electron chi connectivity index (χ1n) is 3.72. The van der Waals surface area contributed by atoms with Gasteiger partial charge >= 0.3 is 0 Å². The smallest absolute Gasteiger partial charge is 0.122 e. The molecule has 0 unspecified atom stereocenters. The van der Waals surface area contributed by atoms with Gasteiger partial charge in [0.2, 0.25) is 0 Å². The third kappa shape index (κ3) is 1.79. The molecule has 0 aliphatic heterocycles. The number of hydrogen-bond acceptors (Lipinski definition) is 2. The fraction of sp³-hybridized carbons (Fsp3) is 0.333. The number of nitrogens with two attached hydrogens (primary N) is 1. The minimum atomic E-state index is 0.547. The van der Waals surface area contributed by atoms with E-state index in [1.807, 2.05) is 19.1 Å². The highest BCUT2D eigenvalue weighted by atomic mass is 79.9. The topological polar surface area (TPSA) is 35.2 Å². The van der Waals surface area contributed by atoms with E-state index < -0.39 is 0 Å². The van der Waals surface area contributed by atoms with Gasteiger partial charge in [0.25, 0.3) is 0 Å². The van der Waals surface area contributed by atoms with Crippen LogP contribution < -0.4 is 10.5 Å². The number of aryl methyl sites for hydroxylation is 1. The molecule has 0 heterocycles. The second-order valence-corrected chi connectivity index (χ2v) is 3.47. The van der Waals surface area contributed by atoms with Gasteiger partial charge in [-0.2, -0.15) is 0 Å². The Morgan fingerprint density at radius 1 is 1.50 bits per heavy atom. The van der Waals surface area contributed by atoms with Crippen molar-refractivity contribution in [1.82, 2.24) is 0 Å². The lowest BCUT2D eigenvalue weighted by Crippen LogP contribution is -1.99. The van der Waals surface area contributed by atoms with Crippen LogP contribution in [0.25, 0.3) is 0 Å². The SMILES string of the molecule is COc1cc(Br)c(CN)cc1C. The normalized spacial score (nSPS) is 10.0. The first-order valence-corrected chi connectivity index (χ1v) is 4.51. The molecule has 0 aliphatic carbocycles. The van der Waals surface area contributed by atoms with Gasteiger partial charge in [-0.05, 0) is 30.2 Å². The van der Waals surface area contributed by atoms with Crippen LogP contribution >= 0.6 is 15.9 Å². The predicted octanol–water partition coefficient (Wildman–Crippen LogP) is 2.22. The maximum Gasteiger partial charge on any atom is 0.122 e. The summed E-state index contributed by atoms with van der Waals surface area (Å²) in [5, 5.41) is 0. The second-order valence-electron chi connectivity index (χ2n) is 2.62. The second kappa shape index (κ2) is 3.92. The minimum Gasteiger partial charge on any atom is -0.496 e. The summed E-state index contributed by atoms with van der Waals surface area (Å²) < 4.78 is 6.16. The van der Waals surface area contributed by atoms with E-state index in [9.17, 15) is 0 Å². The quantitative estimate of drug-likeness (QED) is 0.845. The fourth-order valence-corrected chi connectivity index (χ4v) is 1.58. The van der Waals surface area contributed by atoms with E-state index >= 15 is 0 Å². The molecule has 0 fully saturated rings. The standard InChI is InChI=1S/C9H12BrNO/c1-6-3-7(5-11)8(10)4-9(6)12-2/h3-4H,5,11H2,1-2H3. The summed E-state index contributed by atoms with van der Waals surface area (Å²) in [6, 6.07) is 3.97. The lowest BCUT2D eigenvalue weighted by atomic mass is 10.1. The van der Waals surface area contributed by atoms with E-state index in [0.29, 0.717) is 6.54 Å². The molecule has 0 radical (unpaired) electrons. The fourth-order valence-electron chi connectivity index (χ4n) is 1.10. The molecule has 0 saturated heterocycles. The van der Waals surface area contributed by atoms with Gasteiger partial charge in [0.05, 0.1) is 7.11 Å². The predicted molar refractivity (Wildman–Crippen MR) is 53.3 cm³/mol. The largest absolute Gasteiger partial charge is 0.496 e. The van der Waals surface area contributed by atoms with Gasteiger partial charge in [-0.25, -0.2) is 0 Å². The van der Waals surface area contributed by atoms with Crippen LogP contribution in [-0.4, -0.2) is 7.11 Å². The molecule has 2 N–H and O–H groups in total. The molecule has 0 amide bonds. The number of halogens is 1. The van der Waals surface area contributed by atoms with E-state index in [4.69, 9.17) is 10.5 Å². The summed E-state index contributed by atoms with van der Waals surface area (Å²) in [6.45, 7) is 2.55. The summed E-state index contributed by atoms with van der Waals surface area (Å²) in [6.07, 6.45) is 0. The van der Waals surface area contributed by atoms with Gasteiger partial charge in [0, 0.05) is 11.0 Å². The average molecular weight is 230 g/mol. The molecule has 1 rings (SSSR count). The van der Waals surface area contributed by atoms with Crippen LogP contribution in [0.15, 0.2) is 16.6 Å². The summed E-state index contributed by atoms with van der Waals surface area (Å²) in [5.74, 6) is 0.888. The van der Waals surface area contributed by atoms with Gasteiger partial charge in [-0.3, -0.25) is 0 Å². The number of benzene rings is 1. The van der Waals surface area contributed by atoms with Gasteiger partial charge in [0.1, 0.15) is 5.75 Å². The maximum atomic E-state index is 5.54. The third-order valence-electron chi connectivity index (χ3n) is 1.78. The molecular formula is C9H12BrNO. The van der Waals surface area contributed by atoms with Crippen LogP contribution in [0.2, 0.25) is 0 Å². The maximum absolute atomic E-state index is 5.54. The van der Waals surface area contributed by atoms with E-state index in [0.717, 1.165) is 21.3 Å². The Morgan fingerprint density at radius 2 is 2.17 bits per heavy atom. The van der Waals surface area contributed by atoms with Crippen molar-refractivity contribution in [3.63, 3.8) is 0 Å². The Hall–Kier alpha value is -0.540. The Balaban J connectivity index is 3.16. The van der Waals surface area contributed by atoms with Crippen molar-refractivity contribution in [1.29, 1.82) is 0 Å². The lowest BCUT2D eigenvalue weighted by molar-refractivity contribution is 0.411. The van der Waals surface area contributed by atoms with Crippen molar-refractivity contribution in [3.05, 3.63) is 27.7 Å². The highest BCUT2D eigenvalue weighted by Gasteiger charge is 2.03. The Labute approximate surface area is 80.8 Å². The van der Waals surface area contributed by atoms with Crippen molar-refractivity contribution in [2.45, 2.75) is 13.5 Å². The zero-order valence-electron chi connectivity index (χ0n) is 7.23. The van der Waals surface area contributed by atoms with E-state index in [1.54, 1.807) is 7.11 Å². The summed E-state index contributed by atoms with van der Waals surface area (Å²) in [7, 11) is 1.66. The molecule has 0 spiro atoms. The summed E-state index contributed by atoms with van der Waals surface area (Å²) in [5.41, 5.74) is 7.76. The minimum absolute atomic E-state index is 0.547. The molecule has 0 saturated carbocycles. The van der Waals surface area contributed by atoms with Crippen molar-refractivity contribution >= 4 is 15.9 Å². The Kier molecular flexibility index (Phi) is 3.12. The van der Waals surface area contributed by atoms with E-state index in [1.165, 1.54) is 0 Å². The van der Waals surface area contributed by atoms with Crippen LogP contribution in [0, 0.1) is 6.92 Å².